The van der Waals surface area contributed by atoms with Gasteiger partial charge in [0.15, 0.2) is 0 Å². The minimum atomic E-state index is -0.0936. The van der Waals surface area contributed by atoms with Crippen molar-refractivity contribution in [1.82, 2.24) is 0 Å². The summed E-state index contributed by atoms with van der Waals surface area (Å²) in [7, 11) is 0. The van der Waals surface area contributed by atoms with Crippen LogP contribution in [0, 0.1) is 0 Å². The van der Waals surface area contributed by atoms with E-state index in [4.69, 9.17) is 4.74 Å². The topological polar surface area (TPSA) is 26.3 Å². The Morgan fingerprint density at radius 2 is 1.41 bits per heavy atom. The second-order valence-corrected chi connectivity index (χ2v) is 4.50. The molecule has 0 saturated carbocycles. The highest BCUT2D eigenvalue weighted by Crippen LogP contribution is 2.07. The van der Waals surface area contributed by atoms with Crippen LogP contribution in [0.4, 0.5) is 0 Å². The van der Waals surface area contributed by atoms with E-state index in [0.717, 1.165) is 19.3 Å². The van der Waals surface area contributed by atoms with Gasteiger partial charge in [0, 0.05) is 0 Å². The number of allylic oxidation sites excluding steroid dienone is 3. The molecule has 0 radical (unpaired) electrons. The fraction of sp³-hybridized carbons (Fsp3) is 0.667. The third kappa shape index (κ3) is 8.73. The first-order valence-electron chi connectivity index (χ1n) is 6.85. The van der Waals surface area contributed by atoms with E-state index in [0.29, 0.717) is 13.0 Å². The molecule has 1 heterocycles. The summed E-state index contributed by atoms with van der Waals surface area (Å²) < 4.78 is 5.14. The van der Waals surface area contributed by atoms with E-state index < -0.39 is 0 Å². The molecule has 0 aromatic carbocycles. The molecule has 0 amide bonds. The fourth-order valence-electron chi connectivity index (χ4n) is 1.87. The van der Waals surface area contributed by atoms with Crippen LogP contribution in [0.3, 0.4) is 0 Å². The van der Waals surface area contributed by atoms with Crippen molar-refractivity contribution in [2.45, 2.75) is 57.8 Å². The predicted molar refractivity (Wildman–Crippen MR) is 70.8 cm³/mol. The average molecular weight is 236 g/mol. The van der Waals surface area contributed by atoms with Crippen molar-refractivity contribution in [3.8, 4) is 0 Å². The number of rotatable bonds is 0. The van der Waals surface area contributed by atoms with E-state index >= 15 is 0 Å². The van der Waals surface area contributed by atoms with Gasteiger partial charge in [-0.3, -0.25) is 4.79 Å². The smallest absolute Gasteiger partial charge is 0.309 e. The zero-order chi connectivity index (χ0) is 12.2. The van der Waals surface area contributed by atoms with Gasteiger partial charge in [0.25, 0.3) is 0 Å². The van der Waals surface area contributed by atoms with Gasteiger partial charge in [0.2, 0.25) is 0 Å². The van der Waals surface area contributed by atoms with Gasteiger partial charge >= 0.3 is 5.97 Å². The van der Waals surface area contributed by atoms with Crippen LogP contribution in [-0.2, 0) is 9.53 Å². The first-order chi connectivity index (χ1) is 8.39. The summed E-state index contributed by atoms with van der Waals surface area (Å²) in [6.45, 7) is 0.590. The van der Waals surface area contributed by atoms with Gasteiger partial charge in [0.05, 0.1) is 13.0 Å². The standard InChI is InChI=1S/C15H24O2/c16-15-13-11-9-7-5-3-1-2-4-6-8-10-12-14-17-15/h1,3,9,11H,2,4-8,10,12-14H2/b3-1+,11-9+. The molecule has 2 nitrogen and oxygen atoms in total. The molecule has 0 unspecified atom stereocenters. The Bertz CT molecular complexity index is 254. The van der Waals surface area contributed by atoms with E-state index in [1.807, 2.05) is 6.08 Å². The van der Waals surface area contributed by atoms with Crippen molar-refractivity contribution in [2.75, 3.05) is 6.61 Å². The number of hydrogen-bond donors (Lipinski definition) is 0. The summed E-state index contributed by atoms with van der Waals surface area (Å²) in [6.07, 6.45) is 18.2. The summed E-state index contributed by atoms with van der Waals surface area (Å²) in [6, 6.07) is 0. The van der Waals surface area contributed by atoms with Gasteiger partial charge in [0.1, 0.15) is 0 Å². The third-order valence-corrected chi connectivity index (χ3v) is 2.90. The van der Waals surface area contributed by atoms with Crippen LogP contribution in [0.2, 0.25) is 0 Å². The van der Waals surface area contributed by atoms with Gasteiger partial charge in [-0.25, -0.2) is 0 Å². The number of hydrogen-bond acceptors (Lipinski definition) is 2. The van der Waals surface area contributed by atoms with Gasteiger partial charge in [-0.05, 0) is 32.1 Å². The molecule has 0 N–H and O–H groups in total. The van der Waals surface area contributed by atoms with Crippen molar-refractivity contribution >= 4 is 5.97 Å². The zero-order valence-electron chi connectivity index (χ0n) is 10.7. The maximum atomic E-state index is 11.3. The maximum absolute atomic E-state index is 11.3. The molecule has 0 saturated heterocycles. The number of cyclic esters (lactones) is 1. The summed E-state index contributed by atoms with van der Waals surface area (Å²) in [4.78, 5) is 11.3. The Labute approximate surface area is 105 Å². The van der Waals surface area contributed by atoms with Crippen LogP contribution in [-0.4, -0.2) is 12.6 Å². The first kappa shape index (κ1) is 14.0. The molecule has 0 bridgehead atoms. The van der Waals surface area contributed by atoms with Gasteiger partial charge in [-0.15, -0.1) is 0 Å². The molecular formula is C15H24O2. The predicted octanol–water partition coefficient (Wildman–Crippen LogP) is 4.17. The van der Waals surface area contributed by atoms with Crippen molar-refractivity contribution in [3.05, 3.63) is 24.3 Å². The van der Waals surface area contributed by atoms with Gasteiger partial charge < -0.3 is 4.74 Å². The van der Waals surface area contributed by atoms with E-state index in [9.17, 15) is 4.79 Å². The molecule has 1 rings (SSSR count). The lowest BCUT2D eigenvalue weighted by Crippen LogP contribution is -2.04. The molecule has 2 heteroatoms. The molecule has 0 aliphatic carbocycles. The lowest BCUT2D eigenvalue weighted by Gasteiger charge is -2.03. The number of carbonyl (C=O) groups excluding carboxylic acids is 1. The Balaban J connectivity index is 2.26. The highest BCUT2D eigenvalue weighted by Gasteiger charge is 1.99. The molecule has 0 aromatic heterocycles. The number of carbonyl (C=O) groups is 1. The molecule has 0 aromatic rings. The quantitative estimate of drug-likeness (QED) is 0.466. The maximum Gasteiger partial charge on any atom is 0.309 e. The highest BCUT2D eigenvalue weighted by atomic mass is 16.5. The Kier molecular flexibility index (Phi) is 8.35. The lowest BCUT2D eigenvalue weighted by molar-refractivity contribution is -0.142. The summed E-state index contributed by atoms with van der Waals surface area (Å²) >= 11 is 0. The molecule has 17 heavy (non-hydrogen) atoms. The first-order valence-corrected chi connectivity index (χ1v) is 6.85. The van der Waals surface area contributed by atoms with Crippen LogP contribution < -0.4 is 0 Å². The summed E-state index contributed by atoms with van der Waals surface area (Å²) in [5.41, 5.74) is 0. The van der Waals surface area contributed by atoms with Crippen LogP contribution in [0.15, 0.2) is 24.3 Å². The van der Waals surface area contributed by atoms with Crippen LogP contribution >= 0.6 is 0 Å². The number of esters is 1. The second kappa shape index (κ2) is 10.1. The Morgan fingerprint density at radius 1 is 0.765 bits per heavy atom. The molecule has 1 aliphatic rings. The van der Waals surface area contributed by atoms with Gasteiger partial charge in [-0.2, -0.15) is 0 Å². The van der Waals surface area contributed by atoms with Crippen LogP contribution in [0.5, 0.6) is 0 Å². The van der Waals surface area contributed by atoms with Crippen molar-refractivity contribution in [1.29, 1.82) is 0 Å². The molecule has 0 spiro atoms. The molecular weight excluding hydrogens is 212 g/mol. The van der Waals surface area contributed by atoms with Crippen molar-refractivity contribution in [3.63, 3.8) is 0 Å². The monoisotopic (exact) mass is 236 g/mol. The Morgan fingerprint density at radius 3 is 2.29 bits per heavy atom. The molecule has 0 atom stereocenters. The van der Waals surface area contributed by atoms with Crippen molar-refractivity contribution < 1.29 is 9.53 Å². The minimum absolute atomic E-state index is 0.0936. The SMILES string of the molecule is O=C1C/C=C/CC/C=C/CCCCCCCO1. The molecule has 1 aliphatic heterocycles. The number of ether oxygens (including phenoxy) is 1. The fourth-order valence-corrected chi connectivity index (χ4v) is 1.87. The van der Waals surface area contributed by atoms with Gasteiger partial charge in [-0.1, -0.05) is 43.6 Å². The molecule has 0 fully saturated rings. The van der Waals surface area contributed by atoms with E-state index in [1.165, 1.54) is 32.1 Å². The van der Waals surface area contributed by atoms with E-state index in [-0.39, 0.29) is 5.97 Å². The normalized spacial score (nSPS) is 24.8. The Hall–Kier alpha value is -1.05. The highest BCUT2D eigenvalue weighted by molar-refractivity contribution is 5.71. The summed E-state index contributed by atoms with van der Waals surface area (Å²) in [5, 5.41) is 0. The van der Waals surface area contributed by atoms with E-state index in [2.05, 4.69) is 18.2 Å². The second-order valence-electron chi connectivity index (χ2n) is 4.50. The summed E-state index contributed by atoms with van der Waals surface area (Å²) in [5.74, 6) is -0.0936. The third-order valence-electron chi connectivity index (χ3n) is 2.90. The van der Waals surface area contributed by atoms with Crippen molar-refractivity contribution in [2.24, 2.45) is 0 Å². The molecule has 96 valence electrons. The average Bonchev–Trinajstić information content (AvgIpc) is 2.32. The largest absolute Gasteiger partial charge is 0.465 e. The zero-order valence-corrected chi connectivity index (χ0v) is 10.7. The van der Waals surface area contributed by atoms with Crippen LogP contribution in [0.1, 0.15) is 57.8 Å². The minimum Gasteiger partial charge on any atom is -0.465 e. The lowest BCUT2D eigenvalue weighted by atomic mass is 10.1. The van der Waals surface area contributed by atoms with E-state index in [1.54, 1.807) is 0 Å². The van der Waals surface area contributed by atoms with Crippen LogP contribution in [0.25, 0.3) is 0 Å².